The van der Waals surface area contributed by atoms with Crippen LogP contribution in [0.1, 0.15) is 35.2 Å². The number of hydrogen-bond donors (Lipinski definition) is 2. The van der Waals surface area contributed by atoms with Gasteiger partial charge in [-0.3, -0.25) is 4.79 Å². The number of carboxylic acids is 1. The number of aryl methyl sites for hydroxylation is 1. The van der Waals surface area contributed by atoms with Crippen molar-refractivity contribution in [3.05, 3.63) is 29.3 Å². The smallest absolute Gasteiger partial charge is 0.326 e. The molecule has 0 radical (unpaired) electrons. The van der Waals surface area contributed by atoms with Crippen molar-refractivity contribution in [2.45, 2.75) is 32.2 Å². The van der Waals surface area contributed by atoms with E-state index in [1.165, 1.54) is 0 Å². The number of nitrogens with zero attached hydrogens (tertiary/aromatic N) is 1. The van der Waals surface area contributed by atoms with Crippen molar-refractivity contribution in [1.82, 2.24) is 10.2 Å². The topological polar surface area (TPSA) is 78.9 Å². The molecule has 6 heteroatoms. The van der Waals surface area contributed by atoms with Crippen LogP contribution in [0.5, 0.6) is 5.75 Å². The summed E-state index contributed by atoms with van der Waals surface area (Å²) in [5.41, 5.74) is 1.32. The summed E-state index contributed by atoms with van der Waals surface area (Å²) in [7, 11) is 1.59. The number of carbonyl (C=O) groups is 2. The Morgan fingerprint density at radius 2 is 2.04 bits per heavy atom. The second-order valence-corrected chi connectivity index (χ2v) is 6.93. The number of benzene rings is 1. The van der Waals surface area contributed by atoms with Crippen LogP contribution in [-0.2, 0) is 4.79 Å². The first-order valence-corrected chi connectivity index (χ1v) is 8.35. The fourth-order valence-corrected chi connectivity index (χ4v) is 3.99. The molecule has 2 aliphatic heterocycles. The highest BCUT2D eigenvalue weighted by atomic mass is 16.5. The van der Waals surface area contributed by atoms with E-state index in [2.05, 4.69) is 5.32 Å². The second-order valence-electron chi connectivity index (χ2n) is 6.93. The number of ether oxygens (including phenoxy) is 1. The Kier molecular flexibility index (Phi) is 4.49. The number of amides is 1. The summed E-state index contributed by atoms with van der Waals surface area (Å²) in [5, 5.41) is 12.9. The molecule has 2 fully saturated rings. The van der Waals surface area contributed by atoms with Gasteiger partial charge in [0.2, 0.25) is 0 Å². The highest BCUT2D eigenvalue weighted by Gasteiger charge is 2.49. The lowest BCUT2D eigenvalue weighted by molar-refractivity contribution is -0.141. The van der Waals surface area contributed by atoms with Gasteiger partial charge >= 0.3 is 5.97 Å². The third-order valence-electron chi connectivity index (χ3n) is 5.36. The summed E-state index contributed by atoms with van der Waals surface area (Å²) < 4.78 is 5.23. The fraction of sp³-hybridized carbons (Fsp3) is 0.556. The summed E-state index contributed by atoms with van der Waals surface area (Å²) in [6, 6.07) is 4.50. The fourth-order valence-electron chi connectivity index (χ4n) is 3.99. The van der Waals surface area contributed by atoms with E-state index >= 15 is 0 Å². The van der Waals surface area contributed by atoms with Crippen molar-refractivity contribution in [2.24, 2.45) is 5.41 Å². The highest BCUT2D eigenvalue weighted by molar-refractivity contribution is 5.97. The summed E-state index contributed by atoms with van der Waals surface area (Å²) in [5.74, 6) is -0.398. The van der Waals surface area contributed by atoms with Crippen LogP contribution in [-0.4, -0.2) is 54.7 Å². The molecule has 1 unspecified atom stereocenters. The van der Waals surface area contributed by atoms with E-state index in [1.807, 2.05) is 6.92 Å². The van der Waals surface area contributed by atoms with Gasteiger partial charge in [0.05, 0.1) is 7.11 Å². The molecule has 3 rings (SSSR count). The predicted molar refractivity (Wildman–Crippen MR) is 89.3 cm³/mol. The van der Waals surface area contributed by atoms with Crippen LogP contribution in [0.2, 0.25) is 0 Å². The lowest BCUT2D eigenvalue weighted by Crippen LogP contribution is -2.42. The molecule has 0 saturated carbocycles. The van der Waals surface area contributed by atoms with Gasteiger partial charge in [-0.2, -0.15) is 0 Å². The first kappa shape index (κ1) is 16.8. The molecule has 2 aliphatic rings. The molecular formula is C18H24N2O4. The molecule has 1 amide bonds. The minimum absolute atomic E-state index is 0.0640. The third kappa shape index (κ3) is 2.98. The van der Waals surface area contributed by atoms with Crippen molar-refractivity contribution in [3.63, 3.8) is 0 Å². The number of carboxylic acid groups (broad SMARTS) is 1. The standard InChI is InChI=1S/C18H24N2O4/c1-12-9-13(3-4-15(12)24-2)16(21)20-11-18(5-7-19-8-6-18)10-14(20)17(22)23/h3-4,9,14,19H,5-8,10-11H2,1-2H3,(H,22,23). The van der Waals surface area contributed by atoms with Gasteiger partial charge in [0, 0.05) is 12.1 Å². The van der Waals surface area contributed by atoms with Gasteiger partial charge in [0.25, 0.3) is 5.91 Å². The molecule has 0 aromatic heterocycles. The molecule has 1 aromatic rings. The number of nitrogens with one attached hydrogen (secondary N) is 1. The molecule has 6 nitrogen and oxygen atoms in total. The Morgan fingerprint density at radius 1 is 1.33 bits per heavy atom. The molecule has 130 valence electrons. The van der Waals surface area contributed by atoms with Crippen LogP contribution < -0.4 is 10.1 Å². The largest absolute Gasteiger partial charge is 0.496 e. The molecule has 0 bridgehead atoms. The van der Waals surface area contributed by atoms with E-state index in [9.17, 15) is 14.7 Å². The van der Waals surface area contributed by atoms with Crippen LogP contribution in [0.3, 0.4) is 0 Å². The van der Waals surface area contributed by atoms with Gasteiger partial charge in [-0.25, -0.2) is 4.79 Å². The Balaban J connectivity index is 1.86. The summed E-state index contributed by atoms with van der Waals surface area (Å²) in [6.07, 6.45) is 2.38. The number of hydrogen-bond acceptors (Lipinski definition) is 4. The lowest BCUT2D eigenvalue weighted by Gasteiger charge is -2.33. The van der Waals surface area contributed by atoms with Crippen molar-refractivity contribution >= 4 is 11.9 Å². The molecular weight excluding hydrogens is 308 g/mol. The first-order chi connectivity index (χ1) is 11.5. The molecule has 24 heavy (non-hydrogen) atoms. The number of aliphatic carboxylic acids is 1. The summed E-state index contributed by atoms with van der Waals surface area (Å²) in [4.78, 5) is 26.2. The normalized spacial score (nSPS) is 22.6. The van der Waals surface area contributed by atoms with Crippen LogP contribution in [0.25, 0.3) is 0 Å². The zero-order valence-electron chi connectivity index (χ0n) is 14.2. The molecule has 1 aromatic carbocycles. The van der Waals surface area contributed by atoms with Gasteiger partial charge < -0.3 is 20.1 Å². The number of rotatable bonds is 3. The summed E-state index contributed by atoms with van der Waals surface area (Å²) in [6.45, 7) is 4.17. The summed E-state index contributed by atoms with van der Waals surface area (Å²) >= 11 is 0. The minimum atomic E-state index is -0.913. The minimum Gasteiger partial charge on any atom is -0.496 e. The van der Waals surface area contributed by atoms with E-state index in [-0.39, 0.29) is 11.3 Å². The Hall–Kier alpha value is -2.08. The van der Waals surface area contributed by atoms with Gasteiger partial charge in [-0.05, 0) is 68.5 Å². The second kappa shape index (κ2) is 6.43. The molecule has 2 N–H and O–H groups in total. The van der Waals surface area contributed by atoms with Gasteiger partial charge in [-0.1, -0.05) is 0 Å². The van der Waals surface area contributed by atoms with E-state index < -0.39 is 12.0 Å². The quantitative estimate of drug-likeness (QED) is 0.880. The van der Waals surface area contributed by atoms with Crippen molar-refractivity contribution in [2.75, 3.05) is 26.7 Å². The van der Waals surface area contributed by atoms with Crippen LogP contribution in [0.15, 0.2) is 18.2 Å². The van der Waals surface area contributed by atoms with Crippen molar-refractivity contribution < 1.29 is 19.4 Å². The number of carbonyl (C=O) groups excluding carboxylic acids is 1. The Morgan fingerprint density at radius 3 is 2.62 bits per heavy atom. The third-order valence-corrected chi connectivity index (χ3v) is 5.36. The predicted octanol–water partition coefficient (Wildman–Crippen LogP) is 1.67. The number of likely N-dealkylation sites (tertiary alicyclic amines) is 1. The van der Waals surface area contributed by atoms with Crippen LogP contribution in [0.4, 0.5) is 0 Å². The van der Waals surface area contributed by atoms with Gasteiger partial charge in [-0.15, -0.1) is 0 Å². The average molecular weight is 332 g/mol. The van der Waals surface area contributed by atoms with E-state index in [4.69, 9.17) is 4.74 Å². The Bertz CT molecular complexity index is 652. The van der Waals surface area contributed by atoms with Crippen LogP contribution in [0, 0.1) is 12.3 Å². The Labute approximate surface area is 141 Å². The average Bonchev–Trinajstić information content (AvgIpc) is 2.94. The van der Waals surface area contributed by atoms with Crippen molar-refractivity contribution in [3.8, 4) is 5.75 Å². The van der Waals surface area contributed by atoms with Gasteiger partial charge in [0.15, 0.2) is 0 Å². The number of methoxy groups -OCH3 is 1. The zero-order chi connectivity index (χ0) is 17.3. The molecule has 1 atom stereocenters. The van der Waals surface area contributed by atoms with Crippen LogP contribution >= 0.6 is 0 Å². The molecule has 2 saturated heterocycles. The maximum absolute atomic E-state index is 12.9. The van der Waals surface area contributed by atoms with E-state index in [1.54, 1.807) is 30.2 Å². The maximum atomic E-state index is 12.9. The number of piperidine rings is 1. The van der Waals surface area contributed by atoms with E-state index in [0.717, 1.165) is 37.2 Å². The van der Waals surface area contributed by atoms with Gasteiger partial charge in [0.1, 0.15) is 11.8 Å². The monoisotopic (exact) mass is 332 g/mol. The molecule has 0 aliphatic carbocycles. The molecule has 1 spiro atoms. The van der Waals surface area contributed by atoms with E-state index in [0.29, 0.717) is 18.5 Å². The first-order valence-electron chi connectivity index (χ1n) is 8.35. The highest BCUT2D eigenvalue weighted by Crippen LogP contribution is 2.42. The maximum Gasteiger partial charge on any atom is 0.326 e. The molecule has 2 heterocycles. The lowest BCUT2D eigenvalue weighted by atomic mass is 9.77. The van der Waals surface area contributed by atoms with Crippen molar-refractivity contribution in [1.29, 1.82) is 0 Å². The SMILES string of the molecule is COc1ccc(C(=O)N2CC3(CCNCC3)CC2C(=O)O)cc1C. The zero-order valence-corrected chi connectivity index (χ0v) is 14.2.